The van der Waals surface area contributed by atoms with E-state index in [1.807, 2.05) is 13.8 Å². The fourth-order valence-electron chi connectivity index (χ4n) is 1.65. The number of pyridine rings is 1. The van der Waals surface area contributed by atoms with Crippen LogP contribution < -0.4 is 10.6 Å². The van der Waals surface area contributed by atoms with Crippen LogP contribution in [-0.2, 0) is 6.54 Å². The van der Waals surface area contributed by atoms with Crippen molar-refractivity contribution in [3.05, 3.63) is 41.3 Å². The van der Waals surface area contributed by atoms with Gasteiger partial charge < -0.3 is 10.6 Å². The van der Waals surface area contributed by atoms with Crippen LogP contribution in [0.5, 0.6) is 0 Å². The zero-order valence-corrected chi connectivity index (χ0v) is 11.0. The molecule has 0 atom stereocenters. The summed E-state index contributed by atoms with van der Waals surface area (Å²) in [7, 11) is 0. The lowest BCUT2D eigenvalue weighted by atomic mass is 10.2. The number of hydrogen-bond acceptors (Lipinski definition) is 4. The number of nitrogens with zero attached hydrogens (tertiary/aromatic N) is 2. The Kier molecular flexibility index (Phi) is 4.12. The highest BCUT2D eigenvalue weighted by Crippen LogP contribution is 2.06. The van der Waals surface area contributed by atoms with E-state index in [1.54, 1.807) is 24.5 Å². The van der Waals surface area contributed by atoms with Crippen molar-refractivity contribution in [1.82, 2.24) is 20.5 Å². The number of nitrogens with one attached hydrogen (secondary N) is 3. The number of aryl methyl sites for hydroxylation is 1. The van der Waals surface area contributed by atoms with Crippen LogP contribution in [0.25, 0.3) is 0 Å². The van der Waals surface area contributed by atoms with Gasteiger partial charge in [-0.05, 0) is 26.0 Å². The van der Waals surface area contributed by atoms with E-state index >= 15 is 0 Å². The van der Waals surface area contributed by atoms with E-state index < -0.39 is 0 Å². The molecule has 1 amide bonds. The van der Waals surface area contributed by atoms with Crippen LogP contribution in [-0.4, -0.2) is 27.6 Å². The summed E-state index contributed by atoms with van der Waals surface area (Å²) in [6.45, 7) is 5.17. The van der Waals surface area contributed by atoms with Crippen LogP contribution in [0.3, 0.4) is 0 Å². The lowest BCUT2D eigenvalue weighted by Gasteiger charge is -2.06. The Morgan fingerprint density at radius 2 is 2.21 bits per heavy atom. The first-order valence-corrected chi connectivity index (χ1v) is 6.17. The highest BCUT2D eigenvalue weighted by atomic mass is 16.1. The number of H-pyrrole nitrogens is 1. The van der Waals surface area contributed by atoms with Gasteiger partial charge in [0.25, 0.3) is 5.91 Å². The molecule has 0 aliphatic heterocycles. The number of carbonyl (C=O) groups is 1. The SMILES string of the molecule is CCNc1ccc(C(=O)NCc2cn[nH]c2C)cn1. The number of carbonyl (C=O) groups excluding carboxylic acids is 1. The zero-order valence-electron chi connectivity index (χ0n) is 11.0. The maximum Gasteiger partial charge on any atom is 0.253 e. The van der Waals surface area contributed by atoms with E-state index in [4.69, 9.17) is 0 Å². The molecule has 0 unspecified atom stereocenters. The summed E-state index contributed by atoms with van der Waals surface area (Å²) < 4.78 is 0. The van der Waals surface area contributed by atoms with Crippen LogP contribution >= 0.6 is 0 Å². The van der Waals surface area contributed by atoms with E-state index in [0.717, 1.165) is 23.6 Å². The maximum atomic E-state index is 11.9. The Morgan fingerprint density at radius 3 is 2.79 bits per heavy atom. The van der Waals surface area contributed by atoms with Gasteiger partial charge in [0, 0.05) is 30.5 Å². The number of aromatic nitrogens is 3. The van der Waals surface area contributed by atoms with E-state index in [1.165, 1.54) is 0 Å². The number of amides is 1. The largest absolute Gasteiger partial charge is 0.370 e. The van der Waals surface area contributed by atoms with Gasteiger partial charge in [0.15, 0.2) is 0 Å². The highest BCUT2D eigenvalue weighted by molar-refractivity contribution is 5.94. The Labute approximate surface area is 111 Å². The van der Waals surface area contributed by atoms with Crippen LogP contribution in [0, 0.1) is 6.92 Å². The fourth-order valence-corrected chi connectivity index (χ4v) is 1.65. The van der Waals surface area contributed by atoms with Gasteiger partial charge in [-0.2, -0.15) is 5.10 Å². The molecular formula is C13H17N5O. The van der Waals surface area contributed by atoms with Crippen molar-refractivity contribution in [2.75, 3.05) is 11.9 Å². The standard InChI is InChI=1S/C13H17N5O/c1-3-14-12-5-4-10(6-15-12)13(19)16-7-11-8-17-18-9(11)2/h4-6,8H,3,7H2,1-2H3,(H,14,15)(H,16,19)(H,17,18). The topological polar surface area (TPSA) is 82.7 Å². The molecule has 100 valence electrons. The summed E-state index contributed by atoms with van der Waals surface area (Å²) in [5.74, 6) is 0.626. The monoisotopic (exact) mass is 259 g/mol. The molecule has 6 nitrogen and oxygen atoms in total. The predicted octanol–water partition coefficient (Wildman–Crippen LogP) is 1.47. The lowest BCUT2D eigenvalue weighted by molar-refractivity contribution is 0.0950. The van der Waals surface area contributed by atoms with Crippen molar-refractivity contribution in [3.63, 3.8) is 0 Å². The van der Waals surface area contributed by atoms with Crippen LogP contribution in [0.1, 0.15) is 28.5 Å². The summed E-state index contributed by atoms with van der Waals surface area (Å²) in [6.07, 6.45) is 3.28. The predicted molar refractivity (Wildman–Crippen MR) is 72.9 cm³/mol. The van der Waals surface area contributed by atoms with Crippen molar-refractivity contribution in [2.24, 2.45) is 0 Å². The Hall–Kier alpha value is -2.37. The van der Waals surface area contributed by atoms with Gasteiger partial charge >= 0.3 is 0 Å². The average Bonchev–Trinajstić information content (AvgIpc) is 2.83. The fraction of sp³-hybridized carbons (Fsp3) is 0.308. The van der Waals surface area contributed by atoms with Gasteiger partial charge in [0.05, 0.1) is 11.8 Å². The van der Waals surface area contributed by atoms with Gasteiger partial charge in [-0.15, -0.1) is 0 Å². The third kappa shape index (κ3) is 3.31. The Balaban J connectivity index is 1.94. The summed E-state index contributed by atoms with van der Waals surface area (Å²) in [4.78, 5) is 16.1. The van der Waals surface area contributed by atoms with Crippen molar-refractivity contribution in [3.8, 4) is 0 Å². The molecule has 0 saturated carbocycles. The molecule has 2 aromatic rings. The maximum absolute atomic E-state index is 11.9. The second kappa shape index (κ2) is 5.99. The van der Waals surface area contributed by atoms with Gasteiger partial charge in [0.2, 0.25) is 0 Å². The quantitative estimate of drug-likeness (QED) is 0.759. The molecule has 6 heteroatoms. The third-order valence-electron chi connectivity index (χ3n) is 2.76. The second-order valence-electron chi connectivity index (χ2n) is 4.17. The molecule has 0 spiro atoms. The minimum Gasteiger partial charge on any atom is -0.370 e. The summed E-state index contributed by atoms with van der Waals surface area (Å²) in [5, 5.41) is 12.7. The van der Waals surface area contributed by atoms with Gasteiger partial charge in [-0.3, -0.25) is 9.89 Å². The third-order valence-corrected chi connectivity index (χ3v) is 2.76. The van der Waals surface area contributed by atoms with E-state index in [0.29, 0.717) is 12.1 Å². The molecule has 2 aromatic heterocycles. The number of rotatable bonds is 5. The number of hydrogen-bond donors (Lipinski definition) is 3. The van der Waals surface area contributed by atoms with Crippen LogP contribution in [0.15, 0.2) is 24.5 Å². The first-order chi connectivity index (χ1) is 9.20. The van der Waals surface area contributed by atoms with Crippen LogP contribution in [0.2, 0.25) is 0 Å². The molecule has 0 fully saturated rings. The Morgan fingerprint density at radius 1 is 1.37 bits per heavy atom. The number of aromatic amines is 1. The van der Waals surface area contributed by atoms with E-state index in [2.05, 4.69) is 25.8 Å². The molecule has 0 aromatic carbocycles. The second-order valence-corrected chi connectivity index (χ2v) is 4.17. The molecule has 0 aliphatic carbocycles. The minimum atomic E-state index is -0.142. The average molecular weight is 259 g/mol. The van der Waals surface area contributed by atoms with E-state index in [9.17, 15) is 4.79 Å². The smallest absolute Gasteiger partial charge is 0.253 e. The van der Waals surface area contributed by atoms with Crippen molar-refractivity contribution in [1.29, 1.82) is 0 Å². The van der Waals surface area contributed by atoms with E-state index in [-0.39, 0.29) is 5.91 Å². The molecule has 2 rings (SSSR count). The molecule has 3 N–H and O–H groups in total. The summed E-state index contributed by atoms with van der Waals surface area (Å²) >= 11 is 0. The molecule has 0 bridgehead atoms. The molecule has 0 saturated heterocycles. The lowest BCUT2D eigenvalue weighted by Crippen LogP contribution is -2.23. The summed E-state index contributed by atoms with van der Waals surface area (Å²) in [6, 6.07) is 3.55. The molecule has 2 heterocycles. The van der Waals surface area contributed by atoms with Crippen molar-refractivity contribution in [2.45, 2.75) is 20.4 Å². The number of anilines is 1. The normalized spacial score (nSPS) is 10.2. The molecule has 19 heavy (non-hydrogen) atoms. The highest BCUT2D eigenvalue weighted by Gasteiger charge is 2.07. The first kappa shape index (κ1) is 13.1. The van der Waals surface area contributed by atoms with Gasteiger partial charge in [0.1, 0.15) is 5.82 Å². The molecule has 0 aliphatic rings. The molecular weight excluding hydrogens is 242 g/mol. The Bertz CT molecular complexity index is 546. The van der Waals surface area contributed by atoms with Crippen molar-refractivity contribution >= 4 is 11.7 Å². The minimum absolute atomic E-state index is 0.142. The van der Waals surface area contributed by atoms with Gasteiger partial charge in [-0.1, -0.05) is 0 Å². The van der Waals surface area contributed by atoms with Crippen molar-refractivity contribution < 1.29 is 4.79 Å². The van der Waals surface area contributed by atoms with Gasteiger partial charge in [-0.25, -0.2) is 4.98 Å². The van der Waals surface area contributed by atoms with Crippen LogP contribution in [0.4, 0.5) is 5.82 Å². The first-order valence-electron chi connectivity index (χ1n) is 6.17. The zero-order chi connectivity index (χ0) is 13.7. The molecule has 0 radical (unpaired) electrons. The summed E-state index contributed by atoms with van der Waals surface area (Å²) in [5.41, 5.74) is 2.48.